The Morgan fingerprint density at radius 2 is 2.24 bits per heavy atom. The number of hydrogen-bond donors (Lipinski definition) is 0. The van der Waals surface area contributed by atoms with Crippen molar-refractivity contribution in [3.8, 4) is 0 Å². The van der Waals surface area contributed by atoms with Crippen LogP contribution in [0.1, 0.15) is 30.3 Å². The van der Waals surface area contributed by atoms with Gasteiger partial charge in [0.1, 0.15) is 0 Å². The van der Waals surface area contributed by atoms with Gasteiger partial charge in [0.05, 0.1) is 18.8 Å². The lowest BCUT2D eigenvalue weighted by molar-refractivity contribution is -0.132. The Morgan fingerprint density at radius 3 is 2.92 bits per heavy atom. The van der Waals surface area contributed by atoms with Crippen LogP contribution in [0, 0.1) is 5.92 Å². The Labute approximate surface area is 145 Å². The zero-order valence-corrected chi connectivity index (χ0v) is 14.1. The van der Waals surface area contributed by atoms with Gasteiger partial charge in [-0.05, 0) is 24.8 Å². The third-order valence-corrected chi connectivity index (χ3v) is 5.28. The van der Waals surface area contributed by atoms with Crippen LogP contribution >= 0.6 is 0 Å². The maximum Gasteiger partial charge on any atom is 0.292 e. The van der Waals surface area contributed by atoms with Gasteiger partial charge in [-0.3, -0.25) is 14.3 Å². The van der Waals surface area contributed by atoms with E-state index in [1.807, 2.05) is 26.7 Å². The van der Waals surface area contributed by atoms with Crippen LogP contribution in [-0.4, -0.2) is 61.7 Å². The summed E-state index contributed by atoms with van der Waals surface area (Å²) < 4.78 is 6.86. The summed E-state index contributed by atoms with van der Waals surface area (Å²) in [5, 5.41) is 7.87. The number of fused-ring (bicyclic) bond motifs is 1. The standard InChI is InChI=1S/C17H21N5O3/c1-12(23)22-14(11-21-7-2-5-18-21)9-13-10-20(8-4-15(13)22)17(24)16-3-6-19-25-16/h2-3,5-7,13-15H,4,8-11H2,1H3/t13-,14-,15+/m1/s1. The van der Waals surface area contributed by atoms with Crippen LogP contribution in [0.3, 0.4) is 0 Å². The number of aromatic nitrogens is 3. The van der Waals surface area contributed by atoms with Gasteiger partial charge in [0.15, 0.2) is 0 Å². The number of carbonyl (C=O) groups excluding carboxylic acids is 2. The number of likely N-dealkylation sites (tertiary alicyclic amines) is 2. The van der Waals surface area contributed by atoms with Gasteiger partial charge in [0.2, 0.25) is 11.7 Å². The number of nitrogens with zero attached hydrogens (tertiary/aromatic N) is 5. The normalized spacial score (nSPS) is 25.9. The van der Waals surface area contributed by atoms with Crippen molar-refractivity contribution in [2.45, 2.75) is 38.4 Å². The van der Waals surface area contributed by atoms with Crippen molar-refractivity contribution in [3.63, 3.8) is 0 Å². The molecular formula is C17H21N5O3. The summed E-state index contributed by atoms with van der Waals surface area (Å²) in [4.78, 5) is 28.6. The Hall–Kier alpha value is -2.64. The molecule has 132 valence electrons. The van der Waals surface area contributed by atoms with Crippen LogP contribution in [0.25, 0.3) is 0 Å². The molecule has 0 N–H and O–H groups in total. The summed E-state index contributed by atoms with van der Waals surface area (Å²) in [5.74, 6) is 0.526. The highest BCUT2D eigenvalue weighted by molar-refractivity contribution is 5.91. The second kappa shape index (κ2) is 6.34. The van der Waals surface area contributed by atoms with Crippen molar-refractivity contribution >= 4 is 11.8 Å². The molecule has 2 aliphatic rings. The summed E-state index contributed by atoms with van der Waals surface area (Å²) in [6.45, 7) is 3.59. The van der Waals surface area contributed by atoms with E-state index in [1.165, 1.54) is 6.20 Å². The number of piperidine rings is 1. The first-order chi connectivity index (χ1) is 12.1. The van der Waals surface area contributed by atoms with Gasteiger partial charge in [-0.25, -0.2) is 0 Å². The van der Waals surface area contributed by atoms with E-state index in [2.05, 4.69) is 10.3 Å². The van der Waals surface area contributed by atoms with Crippen LogP contribution < -0.4 is 0 Å². The zero-order valence-electron chi connectivity index (χ0n) is 14.1. The first kappa shape index (κ1) is 15.9. The first-order valence-corrected chi connectivity index (χ1v) is 8.60. The van der Waals surface area contributed by atoms with E-state index < -0.39 is 0 Å². The Balaban J connectivity index is 1.49. The lowest BCUT2D eigenvalue weighted by Crippen LogP contribution is -2.50. The van der Waals surface area contributed by atoms with E-state index >= 15 is 0 Å². The largest absolute Gasteiger partial charge is 0.351 e. The first-order valence-electron chi connectivity index (χ1n) is 8.60. The minimum atomic E-state index is -0.124. The van der Waals surface area contributed by atoms with Crippen molar-refractivity contribution in [2.24, 2.45) is 5.92 Å². The molecule has 0 unspecified atom stereocenters. The molecule has 2 saturated heterocycles. The molecule has 8 nitrogen and oxygen atoms in total. The minimum Gasteiger partial charge on any atom is -0.351 e. The van der Waals surface area contributed by atoms with Crippen molar-refractivity contribution in [1.82, 2.24) is 24.7 Å². The summed E-state index contributed by atoms with van der Waals surface area (Å²) in [6, 6.07) is 3.79. The maximum atomic E-state index is 12.5. The van der Waals surface area contributed by atoms with Gasteiger partial charge >= 0.3 is 0 Å². The number of hydrogen-bond acceptors (Lipinski definition) is 5. The quantitative estimate of drug-likeness (QED) is 0.831. The van der Waals surface area contributed by atoms with Crippen LogP contribution in [0.2, 0.25) is 0 Å². The van der Waals surface area contributed by atoms with Crippen LogP contribution in [0.5, 0.6) is 0 Å². The summed E-state index contributed by atoms with van der Waals surface area (Å²) in [5.41, 5.74) is 0. The van der Waals surface area contributed by atoms with Crippen LogP contribution in [0.15, 0.2) is 35.2 Å². The van der Waals surface area contributed by atoms with Gasteiger partial charge in [-0.1, -0.05) is 5.16 Å². The molecule has 2 aromatic heterocycles. The van der Waals surface area contributed by atoms with Crippen molar-refractivity contribution in [3.05, 3.63) is 36.5 Å². The fourth-order valence-electron chi connectivity index (χ4n) is 4.30. The van der Waals surface area contributed by atoms with E-state index in [4.69, 9.17) is 4.52 Å². The van der Waals surface area contributed by atoms with Crippen molar-refractivity contribution < 1.29 is 14.1 Å². The molecule has 8 heteroatoms. The molecule has 3 atom stereocenters. The van der Waals surface area contributed by atoms with Crippen molar-refractivity contribution in [1.29, 1.82) is 0 Å². The van der Waals surface area contributed by atoms with E-state index in [-0.39, 0.29) is 35.6 Å². The van der Waals surface area contributed by atoms with E-state index in [1.54, 1.807) is 19.2 Å². The fraction of sp³-hybridized carbons (Fsp3) is 0.529. The van der Waals surface area contributed by atoms with E-state index in [9.17, 15) is 9.59 Å². The van der Waals surface area contributed by atoms with Gasteiger partial charge in [0.25, 0.3) is 5.91 Å². The second-order valence-corrected chi connectivity index (χ2v) is 6.79. The molecule has 0 bridgehead atoms. The minimum absolute atomic E-state index is 0.0969. The summed E-state index contributed by atoms with van der Waals surface area (Å²) in [6.07, 6.45) is 6.81. The highest BCUT2D eigenvalue weighted by atomic mass is 16.5. The predicted octanol–water partition coefficient (Wildman–Crippen LogP) is 1.02. The fourth-order valence-corrected chi connectivity index (χ4v) is 4.30. The van der Waals surface area contributed by atoms with E-state index in [0.29, 0.717) is 19.6 Å². The molecule has 4 rings (SSSR count). The third kappa shape index (κ3) is 2.92. The molecule has 2 amide bonds. The molecule has 2 fully saturated rings. The molecule has 2 aromatic rings. The number of amides is 2. The van der Waals surface area contributed by atoms with Gasteiger partial charge in [-0.2, -0.15) is 5.10 Å². The summed E-state index contributed by atoms with van der Waals surface area (Å²) in [7, 11) is 0. The Bertz CT molecular complexity index is 742. The molecule has 0 aromatic carbocycles. The summed E-state index contributed by atoms with van der Waals surface area (Å²) >= 11 is 0. The van der Waals surface area contributed by atoms with Gasteiger partial charge in [-0.15, -0.1) is 0 Å². The smallest absolute Gasteiger partial charge is 0.292 e. The maximum absolute atomic E-state index is 12.5. The molecule has 4 heterocycles. The molecule has 2 aliphatic heterocycles. The van der Waals surface area contributed by atoms with Crippen LogP contribution in [-0.2, 0) is 11.3 Å². The lowest BCUT2D eigenvalue weighted by Gasteiger charge is -2.38. The Kier molecular flexibility index (Phi) is 4.03. The highest BCUT2D eigenvalue weighted by Crippen LogP contribution is 2.36. The average Bonchev–Trinajstić information content (AvgIpc) is 3.34. The topological polar surface area (TPSA) is 84.5 Å². The second-order valence-electron chi connectivity index (χ2n) is 6.79. The lowest BCUT2D eigenvalue weighted by atomic mass is 9.92. The molecule has 0 aliphatic carbocycles. The molecular weight excluding hydrogens is 322 g/mol. The van der Waals surface area contributed by atoms with Crippen molar-refractivity contribution in [2.75, 3.05) is 13.1 Å². The monoisotopic (exact) mass is 343 g/mol. The average molecular weight is 343 g/mol. The third-order valence-electron chi connectivity index (χ3n) is 5.28. The molecule has 25 heavy (non-hydrogen) atoms. The zero-order chi connectivity index (χ0) is 17.4. The SMILES string of the molecule is CC(=O)N1[C@@H](Cn2cccn2)C[C@@H]2CN(C(=O)c3ccno3)CC[C@@H]21. The predicted molar refractivity (Wildman–Crippen MR) is 87.5 cm³/mol. The molecule has 0 saturated carbocycles. The van der Waals surface area contributed by atoms with E-state index in [0.717, 1.165) is 12.8 Å². The molecule has 0 spiro atoms. The number of rotatable bonds is 3. The molecule has 0 radical (unpaired) electrons. The van der Waals surface area contributed by atoms with Crippen LogP contribution in [0.4, 0.5) is 0 Å². The Morgan fingerprint density at radius 1 is 1.36 bits per heavy atom. The number of carbonyl (C=O) groups is 2. The highest BCUT2D eigenvalue weighted by Gasteiger charge is 2.46. The van der Waals surface area contributed by atoms with Gasteiger partial charge in [0, 0.05) is 44.5 Å². The van der Waals surface area contributed by atoms with Gasteiger partial charge < -0.3 is 14.3 Å².